The molecule has 0 spiro atoms. The number of rotatable bonds is 4. The Morgan fingerprint density at radius 1 is 1.20 bits per heavy atom. The Kier molecular flexibility index (Phi) is 6.50. The van der Waals surface area contributed by atoms with Crippen molar-refractivity contribution < 1.29 is 23.5 Å². The summed E-state index contributed by atoms with van der Waals surface area (Å²) in [5.41, 5.74) is 1.01. The molecule has 164 valence electrons. The van der Waals surface area contributed by atoms with E-state index >= 15 is 0 Å². The molecule has 3 aliphatic heterocycles. The highest BCUT2D eigenvalue weighted by Gasteiger charge is 2.38. The molecule has 0 saturated carbocycles. The standard InChI is InChI=1S/C21H29FN4O4/c1-29-13-18(15-2-4-16(22)5-3-15)24-8-10-25(11-9-24)21(28)26-7-6-19-17(12-26)23-20(27)14-30-19/h2-5,17-19H,6-14H2,1H3,(H,23,27). The topological polar surface area (TPSA) is 74.3 Å². The molecule has 1 N–H and O–H groups in total. The second-order valence-electron chi connectivity index (χ2n) is 8.09. The second kappa shape index (κ2) is 9.28. The van der Waals surface area contributed by atoms with Crippen molar-refractivity contribution in [2.24, 2.45) is 0 Å². The fraction of sp³-hybridized carbons (Fsp3) is 0.619. The summed E-state index contributed by atoms with van der Waals surface area (Å²) in [5.74, 6) is -0.377. The molecule has 9 heteroatoms. The lowest BCUT2D eigenvalue weighted by molar-refractivity contribution is -0.139. The number of methoxy groups -OCH3 is 1. The fourth-order valence-corrected chi connectivity index (χ4v) is 4.55. The minimum absolute atomic E-state index is 0.00546. The van der Waals surface area contributed by atoms with Crippen LogP contribution in [0.4, 0.5) is 9.18 Å². The molecular weight excluding hydrogens is 391 g/mol. The van der Waals surface area contributed by atoms with Crippen LogP contribution in [0.1, 0.15) is 18.0 Å². The number of nitrogens with zero attached hydrogens (tertiary/aromatic N) is 3. The van der Waals surface area contributed by atoms with E-state index in [1.54, 1.807) is 19.2 Å². The lowest BCUT2D eigenvalue weighted by Crippen LogP contribution is -2.63. The largest absolute Gasteiger partial charge is 0.383 e. The van der Waals surface area contributed by atoms with Gasteiger partial charge in [-0.05, 0) is 24.1 Å². The van der Waals surface area contributed by atoms with Gasteiger partial charge in [0.2, 0.25) is 5.91 Å². The molecule has 1 aromatic rings. The molecule has 3 amide bonds. The maximum absolute atomic E-state index is 13.3. The highest BCUT2D eigenvalue weighted by Crippen LogP contribution is 2.24. The van der Waals surface area contributed by atoms with Crippen LogP contribution in [-0.4, -0.2) is 98.4 Å². The molecule has 3 aliphatic rings. The zero-order valence-electron chi connectivity index (χ0n) is 17.3. The lowest BCUT2D eigenvalue weighted by atomic mass is 10.0. The number of morpholine rings is 1. The molecule has 8 nitrogen and oxygen atoms in total. The van der Waals surface area contributed by atoms with Crippen LogP contribution in [0.2, 0.25) is 0 Å². The van der Waals surface area contributed by atoms with Crippen molar-refractivity contribution in [1.29, 1.82) is 0 Å². The van der Waals surface area contributed by atoms with Gasteiger partial charge in [0.25, 0.3) is 0 Å². The fourth-order valence-electron chi connectivity index (χ4n) is 4.55. The molecule has 3 fully saturated rings. The maximum Gasteiger partial charge on any atom is 0.320 e. The van der Waals surface area contributed by atoms with Gasteiger partial charge in [-0.1, -0.05) is 12.1 Å². The number of carbonyl (C=O) groups excluding carboxylic acids is 2. The third-order valence-corrected chi connectivity index (χ3v) is 6.20. The summed E-state index contributed by atoms with van der Waals surface area (Å²) in [4.78, 5) is 30.6. The van der Waals surface area contributed by atoms with Crippen LogP contribution in [0.25, 0.3) is 0 Å². The Morgan fingerprint density at radius 2 is 1.93 bits per heavy atom. The lowest BCUT2D eigenvalue weighted by Gasteiger charge is -2.44. The zero-order chi connectivity index (χ0) is 21.1. The Bertz CT molecular complexity index is 754. The number of hydrogen-bond acceptors (Lipinski definition) is 5. The molecule has 0 radical (unpaired) electrons. The van der Waals surface area contributed by atoms with Crippen molar-refractivity contribution in [3.8, 4) is 0 Å². The number of amides is 3. The zero-order valence-corrected chi connectivity index (χ0v) is 17.3. The third-order valence-electron chi connectivity index (χ3n) is 6.20. The summed E-state index contributed by atoms with van der Waals surface area (Å²) in [7, 11) is 1.66. The molecule has 0 aliphatic carbocycles. The SMILES string of the molecule is COCC(c1ccc(F)cc1)N1CCN(C(=O)N2CCC3OCC(=O)NC3C2)CC1. The Morgan fingerprint density at radius 3 is 2.63 bits per heavy atom. The Labute approximate surface area is 175 Å². The van der Waals surface area contributed by atoms with E-state index in [0.29, 0.717) is 32.8 Å². The number of piperidine rings is 1. The monoisotopic (exact) mass is 420 g/mol. The summed E-state index contributed by atoms with van der Waals surface area (Å²) >= 11 is 0. The molecule has 3 heterocycles. The molecule has 3 unspecified atom stereocenters. The summed E-state index contributed by atoms with van der Waals surface area (Å²) in [6.45, 7) is 4.41. The average molecular weight is 420 g/mol. The van der Waals surface area contributed by atoms with Gasteiger partial charge in [0.1, 0.15) is 12.4 Å². The number of carbonyl (C=O) groups is 2. The van der Waals surface area contributed by atoms with E-state index < -0.39 is 0 Å². The first kappa shape index (κ1) is 21.0. The normalized spacial score (nSPS) is 26.1. The van der Waals surface area contributed by atoms with Gasteiger partial charge in [-0.25, -0.2) is 9.18 Å². The summed E-state index contributed by atoms with van der Waals surface area (Å²) in [6.07, 6.45) is 0.728. The number of nitrogens with one attached hydrogen (secondary N) is 1. The Hall–Kier alpha value is -2.23. The van der Waals surface area contributed by atoms with Crippen LogP contribution in [0.15, 0.2) is 24.3 Å². The summed E-state index contributed by atoms with van der Waals surface area (Å²) in [5, 5.41) is 2.94. The van der Waals surface area contributed by atoms with Crippen LogP contribution in [0.5, 0.6) is 0 Å². The van der Waals surface area contributed by atoms with Crippen molar-refractivity contribution in [1.82, 2.24) is 20.0 Å². The van der Waals surface area contributed by atoms with E-state index in [-0.39, 0.29) is 42.6 Å². The molecule has 3 atom stereocenters. The second-order valence-corrected chi connectivity index (χ2v) is 8.09. The number of ether oxygens (including phenoxy) is 2. The number of piperazine rings is 1. The van der Waals surface area contributed by atoms with Crippen molar-refractivity contribution >= 4 is 11.9 Å². The van der Waals surface area contributed by atoms with Crippen molar-refractivity contribution in [2.45, 2.75) is 24.6 Å². The number of urea groups is 1. The first-order chi connectivity index (χ1) is 14.5. The van der Waals surface area contributed by atoms with Gasteiger partial charge in [0.15, 0.2) is 0 Å². The van der Waals surface area contributed by atoms with E-state index in [2.05, 4.69) is 10.2 Å². The number of likely N-dealkylation sites (tertiary alicyclic amines) is 1. The molecule has 3 saturated heterocycles. The number of hydrogen-bond donors (Lipinski definition) is 1. The van der Waals surface area contributed by atoms with Crippen LogP contribution in [-0.2, 0) is 14.3 Å². The molecule has 4 rings (SSSR count). The van der Waals surface area contributed by atoms with Gasteiger partial charge in [0, 0.05) is 46.4 Å². The average Bonchev–Trinajstić information content (AvgIpc) is 2.77. The molecule has 1 aromatic carbocycles. The minimum atomic E-state index is -0.256. The van der Waals surface area contributed by atoms with Crippen molar-refractivity contribution in [3.63, 3.8) is 0 Å². The highest BCUT2D eigenvalue weighted by atomic mass is 19.1. The Balaban J connectivity index is 1.33. The molecule has 0 bridgehead atoms. The van der Waals surface area contributed by atoms with Gasteiger partial charge in [-0.2, -0.15) is 0 Å². The van der Waals surface area contributed by atoms with Gasteiger partial charge in [-0.3, -0.25) is 9.69 Å². The van der Waals surface area contributed by atoms with E-state index in [1.807, 2.05) is 9.80 Å². The van der Waals surface area contributed by atoms with Crippen LogP contribution in [0.3, 0.4) is 0 Å². The van der Waals surface area contributed by atoms with Gasteiger partial charge in [-0.15, -0.1) is 0 Å². The predicted octanol–water partition coefficient (Wildman–Crippen LogP) is 0.840. The predicted molar refractivity (Wildman–Crippen MR) is 107 cm³/mol. The van der Waals surface area contributed by atoms with E-state index in [0.717, 1.165) is 25.1 Å². The van der Waals surface area contributed by atoms with Crippen LogP contribution < -0.4 is 5.32 Å². The minimum Gasteiger partial charge on any atom is -0.383 e. The quantitative estimate of drug-likeness (QED) is 0.782. The first-order valence-corrected chi connectivity index (χ1v) is 10.5. The summed E-state index contributed by atoms with van der Waals surface area (Å²) in [6, 6.07) is 6.43. The van der Waals surface area contributed by atoms with Gasteiger partial charge < -0.3 is 24.6 Å². The number of benzene rings is 1. The van der Waals surface area contributed by atoms with E-state index in [1.165, 1.54) is 12.1 Å². The molecule has 30 heavy (non-hydrogen) atoms. The summed E-state index contributed by atoms with van der Waals surface area (Å²) < 4.78 is 24.3. The molecule has 0 aromatic heterocycles. The molecular formula is C21H29FN4O4. The third kappa shape index (κ3) is 4.58. The first-order valence-electron chi connectivity index (χ1n) is 10.5. The number of fused-ring (bicyclic) bond motifs is 1. The van der Waals surface area contributed by atoms with Crippen LogP contribution in [0, 0.1) is 5.82 Å². The van der Waals surface area contributed by atoms with Crippen LogP contribution >= 0.6 is 0 Å². The highest BCUT2D eigenvalue weighted by molar-refractivity contribution is 5.79. The van der Waals surface area contributed by atoms with Crippen molar-refractivity contribution in [3.05, 3.63) is 35.6 Å². The van der Waals surface area contributed by atoms with E-state index in [9.17, 15) is 14.0 Å². The number of halogens is 1. The van der Waals surface area contributed by atoms with Crippen molar-refractivity contribution in [2.75, 3.05) is 59.6 Å². The van der Waals surface area contributed by atoms with Gasteiger partial charge >= 0.3 is 6.03 Å². The van der Waals surface area contributed by atoms with E-state index in [4.69, 9.17) is 9.47 Å². The maximum atomic E-state index is 13.3. The smallest absolute Gasteiger partial charge is 0.320 e. The van der Waals surface area contributed by atoms with Gasteiger partial charge in [0.05, 0.1) is 24.8 Å².